The van der Waals surface area contributed by atoms with Crippen molar-refractivity contribution in [2.45, 2.75) is 11.1 Å². The predicted octanol–water partition coefficient (Wildman–Crippen LogP) is 1.77. The number of nitrogens with zero attached hydrogens (tertiary/aromatic N) is 6. The lowest BCUT2D eigenvalue weighted by Crippen LogP contribution is -2.48. The molecular weight excluding hydrogens is 428 g/mol. The van der Waals surface area contributed by atoms with Crippen molar-refractivity contribution in [2.24, 2.45) is 0 Å². The van der Waals surface area contributed by atoms with Crippen LogP contribution in [0.25, 0.3) is 5.65 Å². The highest BCUT2D eigenvalue weighted by Gasteiger charge is 2.30. The maximum absolute atomic E-state index is 12.7. The lowest BCUT2D eigenvalue weighted by atomic mass is 10.3. The largest absolute Gasteiger partial charge is 0.366 e. The lowest BCUT2D eigenvalue weighted by molar-refractivity contribution is 0.386. The molecule has 1 saturated heterocycles. The molecule has 1 fully saturated rings. The molecule has 4 rings (SSSR count). The normalized spacial score (nSPS) is 16.6. The molecule has 0 N–H and O–H groups in total. The summed E-state index contributed by atoms with van der Waals surface area (Å²) in [6.07, 6.45) is 1.57. The van der Waals surface area contributed by atoms with Crippen LogP contribution >= 0.6 is 27.3 Å². The van der Waals surface area contributed by atoms with Crippen LogP contribution < -0.4 is 4.90 Å². The Labute approximate surface area is 157 Å². The fourth-order valence-electron chi connectivity index (χ4n) is 2.90. The maximum Gasteiger partial charge on any atom is 0.252 e. The standard InChI is InChI=1S/C14H15BrN6O2S2/c1-10-8-11(14-17-16-9-21(14)18-10)19-4-6-20(7-5-19)25(22,23)13-3-2-12(15)24-13/h2-3,8-9H,4-7H2,1H3. The topological polar surface area (TPSA) is 83.7 Å². The highest BCUT2D eigenvalue weighted by Crippen LogP contribution is 2.30. The van der Waals surface area contributed by atoms with Crippen molar-refractivity contribution in [3.63, 3.8) is 0 Å². The van der Waals surface area contributed by atoms with Gasteiger partial charge in [-0.15, -0.1) is 21.5 Å². The summed E-state index contributed by atoms with van der Waals surface area (Å²) >= 11 is 4.55. The number of rotatable bonds is 3. The van der Waals surface area contributed by atoms with Gasteiger partial charge in [-0.3, -0.25) is 0 Å². The van der Waals surface area contributed by atoms with E-state index in [4.69, 9.17) is 0 Å². The number of fused-ring (bicyclic) bond motifs is 1. The Bertz CT molecular complexity index is 1020. The number of hydrogen-bond donors (Lipinski definition) is 0. The lowest BCUT2D eigenvalue weighted by Gasteiger charge is -2.35. The summed E-state index contributed by atoms with van der Waals surface area (Å²) in [6, 6.07) is 5.36. The van der Waals surface area contributed by atoms with Gasteiger partial charge in [0.1, 0.15) is 10.5 Å². The van der Waals surface area contributed by atoms with Crippen LogP contribution in [0.15, 0.2) is 32.5 Å². The van der Waals surface area contributed by atoms with Gasteiger partial charge >= 0.3 is 0 Å². The van der Waals surface area contributed by atoms with E-state index in [0.29, 0.717) is 36.0 Å². The molecule has 0 spiro atoms. The third kappa shape index (κ3) is 3.05. The summed E-state index contributed by atoms with van der Waals surface area (Å²) in [5.41, 5.74) is 2.48. The smallest absolute Gasteiger partial charge is 0.252 e. The monoisotopic (exact) mass is 442 g/mol. The zero-order valence-corrected chi connectivity index (χ0v) is 16.6. The second kappa shape index (κ2) is 6.31. The van der Waals surface area contributed by atoms with Crippen LogP contribution in [0.4, 0.5) is 5.69 Å². The fraction of sp³-hybridized carbons (Fsp3) is 0.357. The molecule has 11 heteroatoms. The Hall–Kier alpha value is -1.56. The molecule has 0 atom stereocenters. The first-order valence-corrected chi connectivity index (χ1v) is 10.7. The number of piperazine rings is 1. The number of halogens is 1. The van der Waals surface area contributed by atoms with E-state index < -0.39 is 10.0 Å². The zero-order valence-electron chi connectivity index (χ0n) is 13.3. The first kappa shape index (κ1) is 16.9. The van der Waals surface area contributed by atoms with E-state index in [1.807, 2.05) is 13.0 Å². The molecule has 8 nitrogen and oxygen atoms in total. The molecule has 0 radical (unpaired) electrons. The molecule has 3 aromatic rings. The summed E-state index contributed by atoms with van der Waals surface area (Å²) in [4.78, 5) is 2.13. The minimum atomic E-state index is -3.44. The molecule has 0 amide bonds. The van der Waals surface area contributed by atoms with Crippen molar-refractivity contribution in [3.05, 3.63) is 34.0 Å². The van der Waals surface area contributed by atoms with Crippen LogP contribution in [0.1, 0.15) is 5.69 Å². The Balaban J connectivity index is 1.56. The van der Waals surface area contributed by atoms with Gasteiger partial charge in [0, 0.05) is 26.2 Å². The minimum absolute atomic E-state index is 0.368. The minimum Gasteiger partial charge on any atom is -0.366 e. The third-order valence-corrected chi connectivity index (χ3v) is 8.08. The van der Waals surface area contributed by atoms with E-state index in [0.717, 1.165) is 15.2 Å². The quantitative estimate of drug-likeness (QED) is 0.614. The van der Waals surface area contributed by atoms with Gasteiger partial charge in [-0.25, -0.2) is 8.42 Å². The van der Waals surface area contributed by atoms with Crippen molar-refractivity contribution in [2.75, 3.05) is 31.1 Å². The first-order chi connectivity index (χ1) is 11.9. The third-order valence-electron chi connectivity index (χ3n) is 4.09. The van der Waals surface area contributed by atoms with Crippen LogP contribution in [-0.4, -0.2) is 58.7 Å². The molecule has 0 saturated carbocycles. The second-order valence-corrected chi connectivity index (χ2v) is 10.3. The van der Waals surface area contributed by atoms with Crippen LogP contribution in [0, 0.1) is 6.92 Å². The van der Waals surface area contributed by atoms with Crippen LogP contribution in [0.5, 0.6) is 0 Å². The van der Waals surface area contributed by atoms with Gasteiger partial charge in [0.25, 0.3) is 10.0 Å². The number of anilines is 1. The fourth-order valence-corrected chi connectivity index (χ4v) is 6.49. The summed E-state index contributed by atoms with van der Waals surface area (Å²) in [5, 5.41) is 12.4. The summed E-state index contributed by atoms with van der Waals surface area (Å²) in [5.74, 6) is 0. The van der Waals surface area contributed by atoms with Gasteiger partial charge in [0.05, 0.1) is 15.2 Å². The van der Waals surface area contributed by atoms with Gasteiger partial charge < -0.3 is 4.90 Å². The van der Waals surface area contributed by atoms with E-state index in [2.05, 4.69) is 36.1 Å². The molecule has 25 heavy (non-hydrogen) atoms. The van der Waals surface area contributed by atoms with Gasteiger partial charge in [-0.05, 0) is 41.1 Å². The molecule has 0 bridgehead atoms. The highest BCUT2D eigenvalue weighted by molar-refractivity contribution is 9.11. The molecular formula is C14H15BrN6O2S2. The van der Waals surface area contributed by atoms with E-state index in [1.54, 1.807) is 23.0 Å². The number of aromatic nitrogens is 4. The molecule has 4 heterocycles. The van der Waals surface area contributed by atoms with E-state index in [1.165, 1.54) is 15.6 Å². The molecule has 132 valence electrons. The second-order valence-electron chi connectivity index (χ2n) is 5.72. The zero-order chi connectivity index (χ0) is 17.6. The predicted molar refractivity (Wildman–Crippen MR) is 98.5 cm³/mol. The van der Waals surface area contributed by atoms with Gasteiger partial charge in [0.2, 0.25) is 5.65 Å². The summed E-state index contributed by atoms with van der Waals surface area (Å²) in [7, 11) is -3.44. The average Bonchev–Trinajstić information content (AvgIpc) is 3.23. The number of hydrogen-bond acceptors (Lipinski definition) is 7. The Morgan fingerprint density at radius 2 is 1.96 bits per heavy atom. The molecule has 0 aliphatic carbocycles. The van der Waals surface area contributed by atoms with E-state index >= 15 is 0 Å². The molecule has 1 aliphatic heterocycles. The van der Waals surface area contributed by atoms with Gasteiger partial charge in [-0.1, -0.05) is 0 Å². The van der Waals surface area contributed by atoms with Gasteiger partial charge in [0.15, 0.2) is 0 Å². The SMILES string of the molecule is Cc1cc(N2CCN(S(=O)(=O)c3ccc(Br)s3)CC2)c2nncn2n1. The van der Waals surface area contributed by atoms with Crippen molar-refractivity contribution < 1.29 is 8.42 Å². The van der Waals surface area contributed by atoms with Crippen LogP contribution in [0.2, 0.25) is 0 Å². The van der Waals surface area contributed by atoms with Crippen molar-refractivity contribution in [3.8, 4) is 0 Å². The van der Waals surface area contributed by atoms with Crippen molar-refractivity contribution >= 4 is 48.6 Å². The van der Waals surface area contributed by atoms with Crippen LogP contribution in [0.3, 0.4) is 0 Å². The average molecular weight is 443 g/mol. The summed E-state index contributed by atoms with van der Waals surface area (Å²) < 4.78 is 29.8. The van der Waals surface area contributed by atoms with Crippen molar-refractivity contribution in [1.82, 2.24) is 24.1 Å². The number of thiophene rings is 1. The Morgan fingerprint density at radius 1 is 1.20 bits per heavy atom. The van der Waals surface area contributed by atoms with E-state index in [9.17, 15) is 8.42 Å². The molecule has 1 aliphatic rings. The van der Waals surface area contributed by atoms with E-state index in [-0.39, 0.29) is 0 Å². The number of aryl methyl sites for hydroxylation is 1. The summed E-state index contributed by atoms with van der Waals surface area (Å²) in [6.45, 7) is 3.97. The highest BCUT2D eigenvalue weighted by atomic mass is 79.9. The molecule has 3 aromatic heterocycles. The first-order valence-electron chi connectivity index (χ1n) is 7.63. The Kier molecular flexibility index (Phi) is 4.26. The Morgan fingerprint density at radius 3 is 2.64 bits per heavy atom. The van der Waals surface area contributed by atoms with Gasteiger partial charge in [-0.2, -0.15) is 13.9 Å². The van der Waals surface area contributed by atoms with Crippen molar-refractivity contribution in [1.29, 1.82) is 0 Å². The molecule has 0 aromatic carbocycles. The van der Waals surface area contributed by atoms with Crippen LogP contribution in [-0.2, 0) is 10.0 Å². The molecule has 0 unspecified atom stereocenters. The number of sulfonamides is 1. The maximum atomic E-state index is 12.7.